The van der Waals surface area contributed by atoms with Crippen LogP contribution in [0.3, 0.4) is 0 Å². The SMILES string of the molecule is CCNC(=O)NC(=O)C(C)Sc1nnc(-c2ccncc2)n1CC. The van der Waals surface area contributed by atoms with Gasteiger partial charge in [-0.05, 0) is 32.9 Å². The van der Waals surface area contributed by atoms with E-state index < -0.39 is 11.3 Å². The lowest BCUT2D eigenvalue weighted by Crippen LogP contribution is -2.42. The second-order valence-corrected chi connectivity index (χ2v) is 6.20. The Bertz CT molecular complexity index is 703. The number of urea groups is 1. The first kappa shape index (κ1) is 17.9. The molecule has 1 atom stereocenters. The lowest BCUT2D eigenvalue weighted by Gasteiger charge is -2.12. The monoisotopic (exact) mass is 348 g/mol. The molecule has 9 heteroatoms. The van der Waals surface area contributed by atoms with E-state index in [9.17, 15) is 9.59 Å². The molecule has 2 aromatic heterocycles. The van der Waals surface area contributed by atoms with E-state index in [-0.39, 0.29) is 5.91 Å². The zero-order valence-electron chi connectivity index (χ0n) is 13.8. The molecule has 0 spiro atoms. The number of imide groups is 1. The first-order valence-corrected chi connectivity index (χ1v) is 8.53. The first-order valence-electron chi connectivity index (χ1n) is 7.65. The number of hydrogen-bond donors (Lipinski definition) is 2. The van der Waals surface area contributed by atoms with E-state index in [1.807, 2.05) is 23.6 Å². The Labute approximate surface area is 144 Å². The van der Waals surface area contributed by atoms with Crippen molar-refractivity contribution in [3.05, 3.63) is 24.5 Å². The van der Waals surface area contributed by atoms with Crippen LogP contribution in [0.1, 0.15) is 20.8 Å². The summed E-state index contributed by atoms with van der Waals surface area (Å²) in [7, 11) is 0. The predicted octanol–water partition coefficient (Wildman–Crippen LogP) is 1.69. The molecule has 128 valence electrons. The van der Waals surface area contributed by atoms with Crippen molar-refractivity contribution in [2.45, 2.75) is 37.7 Å². The number of amides is 3. The fourth-order valence-corrected chi connectivity index (χ4v) is 2.92. The average Bonchev–Trinajstić information content (AvgIpc) is 2.98. The number of hydrogen-bond acceptors (Lipinski definition) is 6. The third-order valence-corrected chi connectivity index (χ3v) is 4.28. The smallest absolute Gasteiger partial charge is 0.321 e. The molecule has 8 nitrogen and oxygen atoms in total. The molecule has 0 fully saturated rings. The Morgan fingerprint density at radius 2 is 1.96 bits per heavy atom. The molecule has 3 amide bonds. The van der Waals surface area contributed by atoms with E-state index in [2.05, 4.69) is 25.8 Å². The zero-order valence-corrected chi connectivity index (χ0v) is 14.6. The lowest BCUT2D eigenvalue weighted by atomic mass is 10.2. The summed E-state index contributed by atoms with van der Waals surface area (Å²) in [5, 5.41) is 13.4. The van der Waals surface area contributed by atoms with Gasteiger partial charge in [0.15, 0.2) is 11.0 Å². The van der Waals surface area contributed by atoms with Gasteiger partial charge in [-0.1, -0.05) is 11.8 Å². The van der Waals surface area contributed by atoms with E-state index in [1.54, 1.807) is 26.2 Å². The van der Waals surface area contributed by atoms with Crippen molar-refractivity contribution in [1.29, 1.82) is 0 Å². The summed E-state index contributed by atoms with van der Waals surface area (Å²) < 4.78 is 1.93. The van der Waals surface area contributed by atoms with Crippen molar-refractivity contribution in [2.24, 2.45) is 0 Å². The molecule has 2 N–H and O–H groups in total. The van der Waals surface area contributed by atoms with Crippen LogP contribution in [-0.2, 0) is 11.3 Å². The van der Waals surface area contributed by atoms with Gasteiger partial charge in [0.2, 0.25) is 5.91 Å². The topological polar surface area (TPSA) is 102 Å². The van der Waals surface area contributed by atoms with Gasteiger partial charge in [-0.2, -0.15) is 0 Å². The molecule has 0 aliphatic rings. The number of carbonyl (C=O) groups excluding carboxylic acids is 2. The van der Waals surface area contributed by atoms with Gasteiger partial charge >= 0.3 is 6.03 Å². The maximum atomic E-state index is 12.1. The normalized spacial score (nSPS) is 11.8. The fourth-order valence-electron chi connectivity index (χ4n) is 2.01. The van der Waals surface area contributed by atoms with Crippen LogP contribution in [0.25, 0.3) is 11.4 Å². The molecule has 0 radical (unpaired) electrons. The average molecular weight is 348 g/mol. The van der Waals surface area contributed by atoms with Gasteiger partial charge in [0.1, 0.15) is 0 Å². The minimum atomic E-state index is -0.496. The Hall–Kier alpha value is -2.42. The van der Waals surface area contributed by atoms with E-state index in [0.29, 0.717) is 18.2 Å². The predicted molar refractivity (Wildman–Crippen MR) is 91.5 cm³/mol. The highest BCUT2D eigenvalue weighted by molar-refractivity contribution is 8.00. The van der Waals surface area contributed by atoms with Crippen molar-refractivity contribution >= 4 is 23.7 Å². The van der Waals surface area contributed by atoms with E-state index in [0.717, 1.165) is 11.4 Å². The molecule has 0 saturated carbocycles. The van der Waals surface area contributed by atoms with Crippen LogP contribution in [0.5, 0.6) is 0 Å². The highest BCUT2D eigenvalue weighted by atomic mass is 32.2. The van der Waals surface area contributed by atoms with Crippen LogP contribution in [0.15, 0.2) is 29.7 Å². The number of nitrogens with zero attached hydrogens (tertiary/aromatic N) is 4. The molecule has 2 rings (SSSR count). The summed E-state index contributed by atoms with van der Waals surface area (Å²) in [5.41, 5.74) is 0.908. The summed E-state index contributed by atoms with van der Waals surface area (Å²) in [5.74, 6) is 0.348. The number of pyridine rings is 1. The summed E-state index contributed by atoms with van der Waals surface area (Å²) in [6, 6.07) is 3.22. The number of aromatic nitrogens is 4. The Kier molecular flexibility index (Phi) is 6.30. The van der Waals surface area contributed by atoms with Crippen molar-refractivity contribution < 1.29 is 9.59 Å². The van der Waals surface area contributed by atoms with Crippen LogP contribution in [-0.4, -0.2) is 43.5 Å². The zero-order chi connectivity index (χ0) is 17.5. The molecule has 0 bridgehead atoms. The lowest BCUT2D eigenvalue weighted by molar-refractivity contribution is -0.119. The van der Waals surface area contributed by atoms with E-state index in [1.165, 1.54) is 11.8 Å². The summed E-state index contributed by atoms with van der Waals surface area (Å²) in [4.78, 5) is 27.5. The van der Waals surface area contributed by atoms with Crippen LogP contribution >= 0.6 is 11.8 Å². The summed E-state index contributed by atoms with van der Waals surface area (Å²) >= 11 is 1.26. The van der Waals surface area contributed by atoms with Gasteiger partial charge in [-0.15, -0.1) is 10.2 Å². The minimum Gasteiger partial charge on any atom is -0.338 e. The van der Waals surface area contributed by atoms with Gasteiger partial charge in [-0.3, -0.25) is 15.1 Å². The minimum absolute atomic E-state index is 0.373. The molecule has 0 aliphatic carbocycles. The number of carbonyl (C=O) groups is 2. The Morgan fingerprint density at radius 3 is 2.58 bits per heavy atom. The van der Waals surface area contributed by atoms with Crippen molar-refractivity contribution in [3.8, 4) is 11.4 Å². The molecule has 0 aromatic carbocycles. The number of thioether (sulfide) groups is 1. The van der Waals surface area contributed by atoms with Crippen molar-refractivity contribution in [3.63, 3.8) is 0 Å². The van der Waals surface area contributed by atoms with Gasteiger partial charge in [0.05, 0.1) is 5.25 Å². The van der Waals surface area contributed by atoms with Crippen LogP contribution in [0.4, 0.5) is 4.79 Å². The van der Waals surface area contributed by atoms with E-state index >= 15 is 0 Å². The summed E-state index contributed by atoms with van der Waals surface area (Å²) in [6.45, 7) is 6.61. The second-order valence-electron chi connectivity index (χ2n) is 4.90. The highest BCUT2D eigenvalue weighted by Gasteiger charge is 2.21. The number of nitrogens with one attached hydrogen (secondary N) is 2. The molecule has 1 unspecified atom stereocenters. The maximum Gasteiger partial charge on any atom is 0.321 e. The Balaban J connectivity index is 2.11. The van der Waals surface area contributed by atoms with Crippen LogP contribution in [0.2, 0.25) is 0 Å². The van der Waals surface area contributed by atoms with Gasteiger partial charge < -0.3 is 9.88 Å². The van der Waals surface area contributed by atoms with Gasteiger partial charge in [0.25, 0.3) is 0 Å². The first-order chi connectivity index (χ1) is 11.6. The molecule has 2 aromatic rings. The van der Waals surface area contributed by atoms with E-state index in [4.69, 9.17) is 0 Å². The van der Waals surface area contributed by atoms with Crippen LogP contribution in [0, 0.1) is 0 Å². The largest absolute Gasteiger partial charge is 0.338 e. The van der Waals surface area contributed by atoms with Gasteiger partial charge in [0, 0.05) is 31.0 Å². The molecule has 0 aliphatic heterocycles. The second kappa shape index (κ2) is 8.44. The molecule has 0 saturated heterocycles. The highest BCUT2D eigenvalue weighted by Crippen LogP contribution is 2.26. The van der Waals surface area contributed by atoms with Crippen molar-refractivity contribution in [2.75, 3.05) is 6.54 Å². The quantitative estimate of drug-likeness (QED) is 0.770. The molecule has 2 heterocycles. The van der Waals surface area contributed by atoms with Crippen molar-refractivity contribution in [1.82, 2.24) is 30.4 Å². The van der Waals surface area contributed by atoms with Gasteiger partial charge in [-0.25, -0.2) is 4.79 Å². The summed E-state index contributed by atoms with van der Waals surface area (Å²) in [6.07, 6.45) is 3.39. The maximum absolute atomic E-state index is 12.1. The third-order valence-electron chi connectivity index (χ3n) is 3.20. The number of rotatable bonds is 6. The standard InChI is InChI=1S/C15H20N6O2S/c1-4-17-14(23)18-13(22)10(3)24-15-20-19-12(21(15)5-2)11-6-8-16-9-7-11/h6-10H,4-5H2,1-3H3,(H2,17,18,22,23). The molecular formula is C15H20N6O2S. The molecular weight excluding hydrogens is 328 g/mol. The van der Waals surface area contributed by atoms with Crippen LogP contribution < -0.4 is 10.6 Å². The fraction of sp³-hybridized carbons (Fsp3) is 0.400. The Morgan fingerprint density at radius 1 is 1.25 bits per heavy atom. The molecule has 24 heavy (non-hydrogen) atoms. The third kappa shape index (κ3) is 4.31.